The Hall–Kier alpha value is -3.14. The lowest BCUT2D eigenvalue weighted by atomic mass is 10.2. The maximum atomic E-state index is 2.52. The molecule has 32 heavy (non-hydrogen) atoms. The van der Waals surface area contributed by atoms with Crippen molar-refractivity contribution in [3.63, 3.8) is 0 Å². The largest absolute Gasteiger partial charge is 0.352 e. The molecule has 2 aliphatic rings. The van der Waals surface area contributed by atoms with E-state index in [-0.39, 0.29) is 0 Å². The molecule has 4 nitrogen and oxygen atoms in total. The molecule has 0 atom stereocenters. The van der Waals surface area contributed by atoms with Gasteiger partial charge in [0.2, 0.25) is 0 Å². The van der Waals surface area contributed by atoms with E-state index < -0.39 is 0 Å². The van der Waals surface area contributed by atoms with Crippen LogP contribution in [0.4, 0.5) is 34.1 Å². The van der Waals surface area contributed by atoms with E-state index in [1.807, 2.05) is 0 Å². The van der Waals surface area contributed by atoms with Gasteiger partial charge in [0, 0.05) is 24.5 Å². The Morgan fingerprint density at radius 2 is 1.00 bits per heavy atom. The molecule has 0 spiro atoms. The molecule has 0 saturated carbocycles. The highest BCUT2D eigenvalue weighted by Gasteiger charge is 2.29. The first-order valence-corrected chi connectivity index (χ1v) is 12.1. The number of fused-ring (bicyclic) bond motifs is 2. The van der Waals surface area contributed by atoms with Crippen LogP contribution in [0, 0.1) is 0 Å². The van der Waals surface area contributed by atoms with Crippen molar-refractivity contribution in [1.82, 2.24) is 0 Å². The van der Waals surface area contributed by atoms with Crippen molar-refractivity contribution in [2.24, 2.45) is 0 Å². The molecule has 2 aliphatic heterocycles. The van der Waals surface area contributed by atoms with Crippen LogP contribution in [0.3, 0.4) is 0 Å². The number of unbranched alkanes of at least 4 members (excludes halogenated alkanes) is 2. The van der Waals surface area contributed by atoms with Gasteiger partial charge in [0.25, 0.3) is 0 Å². The Morgan fingerprint density at radius 3 is 1.44 bits per heavy atom. The summed E-state index contributed by atoms with van der Waals surface area (Å²) in [6.45, 7) is 8.58. The van der Waals surface area contributed by atoms with Gasteiger partial charge in [-0.15, -0.1) is 0 Å². The summed E-state index contributed by atoms with van der Waals surface area (Å²) in [5.74, 6) is 0. The van der Waals surface area contributed by atoms with Crippen LogP contribution in [0.1, 0.15) is 39.5 Å². The fourth-order valence-electron chi connectivity index (χ4n) is 4.92. The second-order valence-corrected chi connectivity index (χ2v) is 8.87. The van der Waals surface area contributed by atoms with Crippen LogP contribution in [0.15, 0.2) is 72.8 Å². The smallest absolute Gasteiger partial charge is 0.0953 e. The Balaban J connectivity index is 1.45. The molecule has 0 unspecified atom stereocenters. The van der Waals surface area contributed by atoms with Crippen molar-refractivity contribution in [3.8, 4) is 0 Å². The van der Waals surface area contributed by atoms with Crippen molar-refractivity contribution in [2.45, 2.75) is 39.5 Å². The van der Waals surface area contributed by atoms with Crippen LogP contribution >= 0.6 is 0 Å². The van der Waals surface area contributed by atoms with Gasteiger partial charge in [0.1, 0.15) is 0 Å². The summed E-state index contributed by atoms with van der Waals surface area (Å²) in [4.78, 5) is 9.96. The van der Waals surface area contributed by atoms with Gasteiger partial charge in [-0.1, -0.05) is 57.0 Å². The van der Waals surface area contributed by atoms with Crippen LogP contribution in [0.2, 0.25) is 0 Å². The lowest BCUT2D eigenvalue weighted by Crippen LogP contribution is -2.29. The number of hydrogen-bond acceptors (Lipinski definition) is 4. The predicted octanol–water partition coefficient (Wildman–Crippen LogP) is 7.12. The second kappa shape index (κ2) is 9.15. The highest BCUT2D eigenvalue weighted by atomic mass is 15.4. The predicted molar refractivity (Wildman–Crippen MR) is 138 cm³/mol. The third kappa shape index (κ3) is 3.79. The van der Waals surface area contributed by atoms with Gasteiger partial charge in [-0.25, -0.2) is 0 Å². The topological polar surface area (TPSA) is 13.0 Å². The van der Waals surface area contributed by atoms with Crippen LogP contribution in [0.25, 0.3) is 0 Å². The minimum Gasteiger partial charge on any atom is -0.352 e. The molecule has 0 radical (unpaired) electrons. The normalized spacial score (nSPS) is 14.8. The molecule has 166 valence electrons. The first-order valence-electron chi connectivity index (χ1n) is 12.1. The molecule has 0 aliphatic carbocycles. The molecule has 0 fully saturated rings. The van der Waals surface area contributed by atoms with E-state index in [1.165, 1.54) is 59.8 Å². The van der Waals surface area contributed by atoms with Gasteiger partial charge in [-0.3, -0.25) is 0 Å². The maximum Gasteiger partial charge on any atom is 0.0953 e. The Labute approximate surface area is 192 Å². The first-order chi connectivity index (χ1) is 15.8. The molecule has 3 aromatic carbocycles. The van der Waals surface area contributed by atoms with E-state index >= 15 is 0 Å². The van der Waals surface area contributed by atoms with Gasteiger partial charge in [-0.05, 0) is 55.3 Å². The van der Waals surface area contributed by atoms with Crippen molar-refractivity contribution in [3.05, 3.63) is 72.8 Å². The fourth-order valence-corrected chi connectivity index (χ4v) is 4.92. The SMILES string of the molecule is CCCCN1CN(c2cccc(N3CN(CCCC)c4ccccc43)c2)c2ccccc21. The van der Waals surface area contributed by atoms with Crippen LogP contribution in [0.5, 0.6) is 0 Å². The van der Waals surface area contributed by atoms with Crippen LogP contribution in [-0.2, 0) is 0 Å². The van der Waals surface area contributed by atoms with E-state index in [0.29, 0.717) is 0 Å². The molecule has 0 amide bonds. The number of rotatable bonds is 8. The van der Waals surface area contributed by atoms with Crippen molar-refractivity contribution >= 4 is 34.1 Å². The molecule has 3 aromatic rings. The minimum absolute atomic E-state index is 0.919. The molecule has 0 bridgehead atoms. The Morgan fingerprint density at radius 1 is 0.562 bits per heavy atom. The van der Waals surface area contributed by atoms with Gasteiger partial charge < -0.3 is 19.6 Å². The number of hydrogen-bond donors (Lipinski definition) is 0. The minimum atomic E-state index is 0.919. The van der Waals surface area contributed by atoms with E-state index in [9.17, 15) is 0 Å². The number of anilines is 6. The van der Waals surface area contributed by atoms with E-state index in [0.717, 1.165) is 26.4 Å². The fraction of sp³-hybridized carbons (Fsp3) is 0.357. The maximum absolute atomic E-state index is 2.52. The Bertz CT molecular complexity index is 982. The lowest BCUT2D eigenvalue weighted by Gasteiger charge is -2.25. The summed E-state index contributed by atoms with van der Waals surface area (Å²) in [6, 6.07) is 26.7. The first kappa shape index (κ1) is 20.7. The zero-order valence-electron chi connectivity index (χ0n) is 19.4. The third-order valence-electron chi connectivity index (χ3n) is 6.67. The molecule has 0 saturated heterocycles. The Kier molecular flexibility index (Phi) is 5.93. The van der Waals surface area contributed by atoms with Gasteiger partial charge in [-0.2, -0.15) is 0 Å². The van der Waals surface area contributed by atoms with Gasteiger partial charge in [0.05, 0.1) is 36.1 Å². The average molecular weight is 427 g/mol. The van der Waals surface area contributed by atoms with E-state index in [4.69, 9.17) is 0 Å². The quantitative estimate of drug-likeness (QED) is 0.380. The molecule has 5 rings (SSSR count). The second-order valence-electron chi connectivity index (χ2n) is 8.87. The molecule has 0 N–H and O–H groups in total. The summed E-state index contributed by atoms with van der Waals surface area (Å²) in [6.07, 6.45) is 4.88. The monoisotopic (exact) mass is 426 g/mol. The van der Waals surface area contributed by atoms with Crippen molar-refractivity contribution < 1.29 is 0 Å². The van der Waals surface area contributed by atoms with Crippen molar-refractivity contribution in [1.29, 1.82) is 0 Å². The summed E-state index contributed by atoms with van der Waals surface area (Å²) in [5.41, 5.74) is 7.85. The number of benzene rings is 3. The molecule has 2 heterocycles. The molecular formula is C28H34N4. The molecule has 0 aromatic heterocycles. The van der Waals surface area contributed by atoms with E-state index in [1.54, 1.807) is 0 Å². The summed E-state index contributed by atoms with van der Waals surface area (Å²) < 4.78 is 0. The molecule has 4 heteroatoms. The van der Waals surface area contributed by atoms with Gasteiger partial charge in [0.15, 0.2) is 0 Å². The number of nitrogens with zero attached hydrogens (tertiary/aromatic N) is 4. The standard InChI is InChI=1S/C28H34N4/c1-3-5-18-29-21-31(27-16-9-7-14-25(27)29)23-12-11-13-24(20-23)32-22-30(19-6-4-2)26-15-8-10-17-28(26)32/h7-17,20H,3-6,18-19,21-22H2,1-2H3. The average Bonchev–Trinajstić information content (AvgIpc) is 3.40. The van der Waals surface area contributed by atoms with Crippen LogP contribution < -0.4 is 19.6 Å². The number of para-hydroxylation sites is 4. The molecular weight excluding hydrogens is 392 g/mol. The summed E-state index contributed by atoms with van der Waals surface area (Å²) in [5, 5.41) is 0. The van der Waals surface area contributed by atoms with Crippen LogP contribution in [-0.4, -0.2) is 26.4 Å². The van der Waals surface area contributed by atoms with E-state index in [2.05, 4.69) is 106 Å². The highest BCUT2D eigenvalue weighted by molar-refractivity contribution is 5.86. The lowest BCUT2D eigenvalue weighted by molar-refractivity contribution is 0.734. The zero-order chi connectivity index (χ0) is 21.9. The summed E-state index contributed by atoms with van der Waals surface area (Å²) >= 11 is 0. The van der Waals surface area contributed by atoms with Gasteiger partial charge >= 0.3 is 0 Å². The highest BCUT2D eigenvalue weighted by Crippen LogP contribution is 2.44. The zero-order valence-corrected chi connectivity index (χ0v) is 19.4. The summed E-state index contributed by atoms with van der Waals surface area (Å²) in [7, 11) is 0. The third-order valence-corrected chi connectivity index (χ3v) is 6.67. The van der Waals surface area contributed by atoms with Crippen molar-refractivity contribution in [2.75, 3.05) is 46.0 Å².